The Labute approximate surface area is 167 Å². The number of amides is 1. The van der Waals surface area contributed by atoms with Crippen molar-refractivity contribution < 1.29 is 9.53 Å². The number of aromatic nitrogens is 2. The van der Waals surface area contributed by atoms with Crippen LogP contribution in [0.5, 0.6) is 5.75 Å². The first kappa shape index (κ1) is 18.5. The second kappa shape index (κ2) is 7.61. The van der Waals surface area contributed by atoms with Gasteiger partial charge < -0.3 is 15.8 Å². The van der Waals surface area contributed by atoms with Crippen molar-refractivity contribution in [2.75, 3.05) is 20.2 Å². The standard InChI is InChI=1S/C21H22N4O2S/c1-13-5-3-6-14(9-13)16-12-25-17-11-18(27-2)15(20(26)23-8-4-7-22)10-19(17)28-21(25)24-16/h3,5-6,9-12H,4,7-8,22H2,1-2H3,(H,23,26). The molecule has 144 valence electrons. The quantitative estimate of drug-likeness (QED) is 0.490. The van der Waals surface area contributed by atoms with Gasteiger partial charge in [-0.3, -0.25) is 9.20 Å². The monoisotopic (exact) mass is 394 g/mol. The normalized spacial score (nSPS) is 11.2. The van der Waals surface area contributed by atoms with Gasteiger partial charge in [-0.1, -0.05) is 35.1 Å². The number of hydrogen-bond donors (Lipinski definition) is 2. The van der Waals surface area contributed by atoms with Crippen molar-refractivity contribution in [3.8, 4) is 17.0 Å². The Morgan fingerprint density at radius 1 is 1.32 bits per heavy atom. The SMILES string of the molecule is COc1cc2c(cc1C(=O)NCCCN)sc1nc(-c3cccc(C)c3)cn12. The first-order chi connectivity index (χ1) is 13.6. The van der Waals surface area contributed by atoms with Gasteiger partial charge in [-0.05, 0) is 32.0 Å². The van der Waals surface area contributed by atoms with Gasteiger partial charge in [-0.15, -0.1) is 0 Å². The molecule has 1 amide bonds. The Kier molecular flexibility index (Phi) is 5.02. The molecule has 0 aliphatic heterocycles. The summed E-state index contributed by atoms with van der Waals surface area (Å²) in [6.07, 6.45) is 2.77. The molecule has 2 heterocycles. The Balaban J connectivity index is 1.76. The number of nitrogens with one attached hydrogen (secondary N) is 1. The lowest BCUT2D eigenvalue weighted by atomic mass is 10.1. The molecule has 4 rings (SSSR count). The minimum Gasteiger partial charge on any atom is -0.496 e. The number of thiazole rings is 1. The Bertz CT molecular complexity index is 1160. The predicted molar refractivity (Wildman–Crippen MR) is 113 cm³/mol. The van der Waals surface area contributed by atoms with E-state index in [0.717, 1.165) is 32.9 Å². The van der Waals surface area contributed by atoms with E-state index in [4.69, 9.17) is 15.5 Å². The van der Waals surface area contributed by atoms with Crippen LogP contribution in [0.25, 0.3) is 26.4 Å². The number of benzene rings is 2. The zero-order valence-corrected chi connectivity index (χ0v) is 16.7. The molecule has 2 aromatic heterocycles. The molecule has 0 unspecified atom stereocenters. The van der Waals surface area contributed by atoms with Gasteiger partial charge in [0.15, 0.2) is 4.96 Å². The van der Waals surface area contributed by atoms with Crippen molar-refractivity contribution in [2.24, 2.45) is 5.73 Å². The van der Waals surface area contributed by atoms with Crippen LogP contribution in [-0.2, 0) is 0 Å². The lowest BCUT2D eigenvalue weighted by Gasteiger charge is -2.09. The summed E-state index contributed by atoms with van der Waals surface area (Å²) in [6.45, 7) is 3.16. The number of carbonyl (C=O) groups excluding carboxylic acids is 1. The summed E-state index contributed by atoms with van der Waals surface area (Å²) in [7, 11) is 1.58. The molecule has 3 N–H and O–H groups in total. The van der Waals surface area contributed by atoms with Crippen LogP contribution in [0.15, 0.2) is 42.6 Å². The number of ether oxygens (including phenoxy) is 1. The van der Waals surface area contributed by atoms with Crippen LogP contribution in [0.3, 0.4) is 0 Å². The second-order valence-corrected chi connectivity index (χ2v) is 7.68. The minimum absolute atomic E-state index is 0.154. The largest absolute Gasteiger partial charge is 0.496 e. The van der Waals surface area contributed by atoms with Crippen LogP contribution in [0.1, 0.15) is 22.3 Å². The molecule has 0 bridgehead atoms. The molecule has 0 saturated carbocycles. The van der Waals surface area contributed by atoms with Crippen LogP contribution in [0.4, 0.5) is 0 Å². The van der Waals surface area contributed by atoms with Gasteiger partial charge in [0.1, 0.15) is 5.75 Å². The highest BCUT2D eigenvalue weighted by atomic mass is 32.1. The number of nitrogens with zero attached hydrogens (tertiary/aromatic N) is 2. The number of imidazole rings is 1. The molecule has 7 heteroatoms. The number of fused-ring (bicyclic) bond motifs is 3. The van der Waals surface area contributed by atoms with Gasteiger partial charge in [0.05, 0.1) is 28.6 Å². The summed E-state index contributed by atoms with van der Waals surface area (Å²) < 4.78 is 8.53. The molecular formula is C21H22N4O2S. The van der Waals surface area contributed by atoms with E-state index >= 15 is 0 Å². The van der Waals surface area contributed by atoms with E-state index in [1.54, 1.807) is 18.4 Å². The zero-order valence-electron chi connectivity index (χ0n) is 15.9. The number of rotatable bonds is 6. The van der Waals surface area contributed by atoms with Crippen LogP contribution in [0, 0.1) is 6.92 Å². The van der Waals surface area contributed by atoms with Gasteiger partial charge in [0.25, 0.3) is 5.91 Å². The van der Waals surface area contributed by atoms with Gasteiger partial charge in [0.2, 0.25) is 0 Å². The molecular weight excluding hydrogens is 372 g/mol. The van der Waals surface area contributed by atoms with Crippen LogP contribution in [0.2, 0.25) is 0 Å². The van der Waals surface area contributed by atoms with E-state index in [2.05, 4.69) is 34.8 Å². The number of hydrogen-bond acceptors (Lipinski definition) is 5. The maximum absolute atomic E-state index is 12.5. The first-order valence-electron chi connectivity index (χ1n) is 9.15. The van der Waals surface area contributed by atoms with Gasteiger partial charge in [0, 0.05) is 24.4 Å². The first-order valence-corrected chi connectivity index (χ1v) is 9.97. The van der Waals surface area contributed by atoms with E-state index in [0.29, 0.717) is 24.4 Å². The summed E-state index contributed by atoms with van der Waals surface area (Å²) >= 11 is 1.56. The third-order valence-electron chi connectivity index (χ3n) is 4.64. The van der Waals surface area contributed by atoms with Crippen molar-refractivity contribution in [3.05, 3.63) is 53.7 Å². The molecule has 0 aliphatic carbocycles. The summed E-state index contributed by atoms with van der Waals surface area (Å²) in [6, 6.07) is 12.1. The van der Waals surface area contributed by atoms with Crippen molar-refractivity contribution in [1.82, 2.24) is 14.7 Å². The Morgan fingerprint density at radius 3 is 2.93 bits per heavy atom. The van der Waals surface area contributed by atoms with Crippen molar-refractivity contribution in [3.63, 3.8) is 0 Å². The minimum atomic E-state index is -0.154. The zero-order chi connectivity index (χ0) is 19.7. The average molecular weight is 395 g/mol. The highest BCUT2D eigenvalue weighted by Crippen LogP contribution is 2.34. The molecule has 0 spiro atoms. The summed E-state index contributed by atoms with van der Waals surface area (Å²) in [5, 5.41) is 2.89. The fourth-order valence-electron chi connectivity index (χ4n) is 3.21. The van der Waals surface area contributed by atoms with E-state index in [-0.39, 0.29) is 5.91 Å². The topological polar surface area (TPSA) is 81.6 Å². The van der Waals surface area contributed by atoms with Gasteiger partial charge >= 0.3 is 0 Å². The second-order valence-electron chi connectivity index (χ2n) is 6.67. The van der Waals surface area contributed by atoms with E-state index in [9.17, 15) is 4.79 Å². The average Bonchev–Trinajstić information content (AvgIpc) is 3.25. The summed E-state index contributed by atoms with van der Waals surface area (Å²) in [5.74, 6) is 0.391. The molecule has 6 nitrogen and oxygen atoms in total. The third-order valence-corrected chi connectivity index (χ3v) is 5.66. The maximum Gasteiger partial charge on any atom is 0.255 e. The fourth-order valence-corrected chi connectivity index (χ4v) is 4.24. The number of nitrogens with two attached hydrogens (primary N) is 1. The van der Waals surface area contributed by atoms with E-state index < -0.39 is 0 Å². The summed E-state index contributed by atoms with van der Waals surface area (Å²) in [5.41, 5.74) is 10.2. The molecule has 0 saturated heterocycles. The number of carbonyl (C=O) groups is 1. The highest BCUT2D eigenvalue weighted by molar-refractivity contribution is 7.23. The highest BCUT2D eigenvalue weighted by Gasteiger charge is 2.17. The number of methoxy groups -OCH3 is 1. The smallest absolute Gasteiger partial charge is 0.255 e. The van der Waals surface area contributed by atoms with Crippen molar-refractivity contribution in [1.29, 1.82) is 0 Å². The van der Waals surface area contributed by atoms with Crippen molar-refractivity contribution >= 4 is 32.4 Å². The lowest BCUT2D eigenvalue weighted by molar-refractivity contribution is 0.0950. The molecule has 0 atom stereocenters. The van der Waals surface area contributed by atoms with Gasteiger partial charge in [-0.25, -0.2) is 4.98 Å². The molecule has 4 aromatic rings. The van der Waals surface area contributed by atoms with E-state index in [1.807, 2.05) is 24.4 Å². The Hall–Kier alpha value is -2.90. The Morgan fingerprint density at radius 2 is 2.18 bits per heavy atom. The lowest BCUT2D eigenvalue weighted by Crippen LogP contribution is -2.26. The summed E-state index contributed by atoms with van der Waals surface area (Å²) in [4.78, 5) is 18.2. The van der Waals surface area contributed by atoms with Gasteiger partial charge in [-0.2, -0.15) is 0 Å². The van der Waals surface area contributed by atoms with Crippen LogP contribution in [-0.4, -0.2) is 35.5 Å². The molecule has 0 radical (unpaired) electrons. The number of aryl methyl sites for hydroxylation is 1. The predicted octanol–water partition coefficient (Wildman–Crippen LogP) is 3.61. The van der Waals surface area contributed by atoms with Crippen LogP contribution < -0.4 is 15.8 Å². The van der Waals surface area contributed by atoms with E-state index in [1.165, 1.54) is 5.56 Å². The molecule has 0 aliphatic rings. The fraction of sp³-hybridized carbons (Fsp3) is 0.238. The third kappa shape index (κ3) is 3.34. The molecule has 28 heavy (non-hydrogen) atoms. The molecule has 2 aromatic carbocycles. The van der Waals surface area contributed by atoms with Crippen LogP contribution >= 0.6 is 11.3 Å². The maximum atomic E-state index is 12.5. The molecule has 0 fully saturated rings. The van der Waals surface area contributed by atoms with Crippen molar-refractivity contribution in [2.45, 2.75) is 13.3 Å².